The molecular formula is C19H23B9Cl3N. The van der Waals surface area contributed by atoms with Gasteiger partial charge in [0.05, 0.1) is 15.1 Å². The highest BCUT2D eigenvalue weighted by Gasteiger charge is 2.21. The molecule has 0 aliphatic heterocycles. The predicted octanol–water partition coefficient (Wildman–Crippen LogP) is -6.33. The van der Waals surface area contributed by atoms with Gasteiger partial charge in [-0.3, -0.25) is 0 Å². The molecule has 0 radical (unpaired) electrons. The fourth-order valence-corrected chi connectivity index (χ4v) is 4.53. The highest BCUT2D eigenvalue weighted by Crippen LogP contribution is 2.36. The quantitative estimate of drug-likeness (QED) is 0.183. The Bertz CT molecular complexity index is 1150. The maximum absolute atomic E-state index is 6.44. The molecule has 2 rings (SSSR count). The van der Waals surface area contributed by atoms with Crippen LogP contribution in [0.2, 0.25) is 15.1 Å². The lowest BCUT2D eigenvalue weighted by molar-refractivity contribution is 1.09. The highest BCUT2D eigenvalue weighted by molar-refractivity contribution is 6.69. The number of rotatable bonds is 5. The van der Waals surface area contributed by atoms with Crippen molar-refractivity contribution in [2.24, 2.45) is 0 Å². The van der Waals surface area contributed by atoms with Gasteiger partial charge in [0, 0.05) is 17.9 Å². The molecule has 32 heavy (non-hydrogen) atoms. The van der Waals surface area contributed by atoms with E-state index in [2.05, 4.69) is 73.6 Å². The molecular weight excluding hydrogens is 446 g/mol. The molecule has 0 bridgehead atoms. The van der Waals surface area contributed by atoms with Crippen molar-refractivity contribution in [3.63, 3.8) is 0 Å². The fraction of sp³-hybridized carbons (Fsp3) is 0.0526. The maximum Gasteiger partial charge on any atom is 0.149 e. The minimum atomic E-state index is 0.369. The van der Waals surface area contributed by atoms with Crippen LogP contribution in [0, 0.1) is 12.3 Å². The fourth-order valence-electron chi connectivity index (χ4n) is 3.95. The predicted molar refractivity (Wildman–Crippen MR) is 173 cm³/mol. The van der Waals surface area contributed by atoms with E-state index < -0.39 is 0 Å². The number of hydrogen-bond acceptors (Lipinski definition) is 1. The van der Waals surface area contributed by atoms with Crippen molar-refractivity contribution < 1.29 is 0 Å². The number of nitrogens with zero attached hydrogens (tertiary/aromatic N) is 1. The van der Waals surface area contributed by atoms with Crippen LogP contribution in [0.3, 0.4) is 0 Å². The van der Waals surface area contributed by atoms with Crippen LogP contribution < -0.4 is 32.2 Å². The minimum absolute atomic E-state index is 0.369. The average molecular weight is 469 g/mol. The molecule has 0 heterocycles. The summed E-state index contributed by atoms with van der Waals surface area (Å²) in [7, 11) is 19.2. The van der Waals surface area contributed by atoms with Gasteiger partial charge >= 0.3 is 0 Å². The summed E-state index contributed by atoms with van der Waals surface area (Å²) in [6.07, 6.45) is 5.65. The van der Waals surface area contributed by atoms with Gasteiger partial charge in [0.1, 0.15) is 70.6 Å². The van der Waals surface area contributed by atoms with E-state index in [1.165, 1.54) is 43.9 Å². The number of hydrogen-bond donors (Lipinski definition) is 0. The Morgan fingerprint density at radius 3 is 1.66 bits per heavy atom. The zero-order chi connectivity index (χ0) is 24.5. The molecule has 152 valence electrons. The Balaban J connectivity index is 2.84. The van der Waals surface area contributed by atoms with E-state index in [0.717, 1.165) is 16.6 Å². The van der Waals surface area contributed by atoms with Crippen molar-refractivity contribution in [1.29, 1.82) is 0 Å². The van der Waals surface area contributed by atoms with Gasteiger partial charge in [0.25, 0.3) is 0 Å². The third kappa shape index (κ3) is 5.27. The van der Waals surface area contributed by atoms with Gasteiger partial charge in [0.2, 0.25) is 0 Å². The van der Waals surface area contributed by atoms with Crippen LogP contribution in [-0.4, -0.2) is 77.2 Å². The highest BCUT2D eigenvalue weighted by atomic mass is 35.5. The second kappa shape index (κ2) is 10.8. The van der Waals surface area contributed by atoms with Crippen LogP contribution in [0.25, 0.3) is 0 Å². The Hall–Kier alpha value is -1.27. The number of terminal acetylenes is 1. The van der Waals surface area contributed by atoms with Crippen LogP contribution >= 0.6 is 34.8 Å². The second-order valence-electron chi connectivity index (χ2n) is 8.58. The van der Waals surface area contributed by atoms with Crippen molar-refractivity contribution >= 4 is 144 Å². The average Bonchev–Trinajstić information content (AvgIpc) is 2.77. The molecule has 0 amide bonds. The van der Waals surface area contributed by atoms with E-state index in [4.69, 9.17) is 41.2 Å². The first-order chi connectivity index (χ1) is 14.8. The third-order valence-electron chi connectivity index (χ3n) is 6.89. The Morgan fingerprint density at radius 2 is 1.22 bits per heavy atom. The molecule has 2 aromatic rings. The summed E-state index contributed by atoms with van der Waals surface area (Å²) in [4.78, 5) is 2.29. The summed E-state index contributed by atoms with van der Waals surface area (Å²) in [5, 5.41) is 1.24. The van der Waals surface area contributed by atoms with Crippen molar-refractivity contribution in [3.05, 3.63) is 49.1 Å². The lowest BCUT2D eigenvalue weighted by atomic mass is 9.61. The molecule has 2 aromatic carbocycles. The Kier molecular flexibility index (Phi) is 9.09. The Morgan fingerprint density at radius 1 is 0.781 bits per heavy atom. The minimum Gasteiger partial charge on any atom is -0.339 e. The molecule has 0 spiro atoms. The number of benzene rings is 2. The smallest absolute Gasteiger partial charge is 0.149 e. The molecule has 0 unspecified atom stereocenters. The Labute approximate surface area is 216 Å². The second-order valence-corrected chi connectivity index (χ2v) is 9.78. The molecule has 0 aliphatic rings. The molecule has 0 saturated carbocycles. The molecule has 1 nitrogen and oxygen atoms in total. The third-order valence-corrected chi connectivity index (χ3v) is 8.08. The van der Waals surface area contributed by atoms with Crippen LogP contribution in [0.5, 0.6) is 0 Å². The first-order valence-corrected chi connectivity index (χ1v) is 11.8. The summed E-state index contributed by atoms with van der Waals surface area (Å²) < 4.78 is 0. The van der Waals surface area contributed by atoms with Crippen molar-refractivity contribution in [2.45, 2.75) is 0 Å². The van der Waals surface area contributed by atoms with Gasteiger partial charge in [-0.05, 0) is 17.6 Å². The molecule has 0 aliphatic carbocycles. The first kappa shape index (κ1) is 27.0. The van der Waals surface area contributed by atoms with Crippen LogP contribution in [0.4, 0.5) is 11.4 Å². The zero-order valence-corrected chi connectivity index (χ0v) is 22.8. The number of anilines is 2. The molecule has 13 heteroatoms. The van der Waals surface area contributed by atoms with E-state index in [1.54, 1.807) is 0 Å². The summed E-state index contributed by atoms with van der Waals surface area (Å²) in [5.41, 5.74) is 12.9. The van der Waals surface area contributed by atoms with Crippen LogP contribution in [-0.2, 0) is 0 Å². The van der Waals surface area contributed by atoms with E-state index >= 15 is 0 Å². The standard InChI is InChI=1S/C19H23B9Cl3N/c1-2-7(20)11(22)12(23)8(21)5-32(6-3-9(29)18(31)10(30)4-6)19-16(27)14(25)13(24)15(26)17(19)28/h1,3-4H,5,20-28H2/b11-7-,12-8-. The SMILES string of the molecule is B/C(C#C)=C(B)/C(B)=C(/B)CN(c1cc(Cl)c(Cl)c(Cl)c1)c1c(B)c(B)c(B)c(B)c1B. The van der Waals surface area contributed by atoms with Gasteiger partial charge in [0.15, 0.2) is 0 Å². The summed E-state index contributed by atoms with van der Waals surface area (Å²) >= 11 is 19.2. The van der Waals surface area contributed by atoms with Crippen molar-refractivity contribution in [3.8, 4) is 12.3 Å². The van der Waals surface area contributed by atoms with E-state index in [-0.39, 0.29) is 0 Å². The lowest BCUT2D eigenvalue weighted by Gasteiger charge is -2.33. The van der Waals surface area contributed by atoms with Crippen molar-refractivity contribution in [2.75, 3.05) is 11.4 Å². The van der Waals surface area contributed by atoms with Crippen LogP contribution in [0.1, 0.15) is 0 Å². The lowest BCUT2D eigenvalue weighted by Crippen LogP contribution is -2.56. The summed E-state index contributed by atoms with van der Waals surface area (Å²) in [6, 6.07) is 3.77. The maximum atomic E-state index is 6.44. The monoisotopic (exact) mass is 469 g/mol. The van der Waals surface area contributed by atoms with Gasteiger partial charge < -0.3 is 4.90 Å². The van der Waals surface area contributed by atoms with E-state index in [1.807, 2.05) is 20.0 Å². The first-order valence-electron chi connectivity index (χ1n) is 10.6. The van der Waals surface area contributed by atoms with E-state index in [0.29, 0.717) is 21.6 Å². The molecule has 0 saturated heterocycles. The molecule has 0 atom stereocenters. The van der Waals surface area contributed by atoms with Gasteiger partial charge in [-0.25, -0.2) is 0 Å². The zero-order valence-electron chi connectivity index (χ0n) is 20.5. The van der Waals surface area contributed by atoms with Crippen LogP contribution in [0.15, 0.2) is 34.0 Å². The van der Waals surface area contributed by atoms with E-state index in [9.17, 15) is 0 Å². The number of allylic oxidation sites excluding steroid dienone is 3. The molecule has 0 fully saturated rings. The van der Waals surface area contributed by atoms with Crippen molar-refractivity contribution in [1.82, 2.24) is 0 Å². The normalized spacial score (nSPS) is 12.6. The summed E-state index contributed by atoms with van der Waals surface area (Å²) in [6.45, 7) is 0.666. The van der Waals surface area contributed by atoms with Gasteiger partial charge in [-0.1, -0.05) is 73.5 Å². The summed E-state index contributed by atoms with van der Waals surface area (Å²) in [5.74, 6) is 2.76. The topological polar surface area (TPSA) is 3.24 Å². The van der Waals surface area contributed by atoms with Gasteiger partial charge in [-0.2, -0.15) is 0 Å². The largest absolute Gasteiger partial charge is 0.339 e. The van der Waals surface area contributed by atoms with Gasteiger partial charge in [-0.15, -0.1) is 17.4 Å². The number of halogens is 3. The molecule has 0 N–H and O–H groups in total. The molecule has 0 aromatic heterocycles.